The average molecular weight is 210 g/mol. The summed E-state index contributed by atoms with van der Waals surface area (Å²) in [7, 11) is 0. The summed E-state index contributed by atoms with van der Waals surface area (Å²) in [4.78, 5) is 3.61. The zero-order valence-corrected chi connectivity index (χ0v) is 7.27. The SMILES string of the molecule is Cl.Cl.Clc1nccn1Cl. The van der Waals surface area contributed by atoms with Crippen molar-refractivity contribution < 1.29 is 0 Å². The van der Waals surface area contributed by atoms with Crippen LogP contribution in [0.5, 0.6) is 0 Å². The number of nitrogens with zero attached hydrogens (tertiary/aromatic N) is 2. The van der Waals surface area contributed by atoms with Gasteiger partial charge in [0.15, 0.2) is 0 Å². The smallest absolute Gasteiger partial charge is 0.217 e. The van der Waals surface area contributed by atoms with Crippen LogP contribution in [-0.4, -0.2) is 9.07 Å². The lowest BCUT2D eigenvalue weighted by Crippen LogP contribution is -1.72. The zero-order valence-electron chi connectivity index (χ0n) is 4.12. The van der Waals surface area contributed by atoms with Crippen molar-refractivity contribution in [1.82, 2.24) is 9.07 Å². The summed E-state index contributed by atoms with van der Waals surface area (Å²) in [6, 6.07) is 0. The van der Waals surface area contributed by atoms with Crippen LogP contribution < -0.4 is 0 Å². The number of imidazole rings is 1. The van der Waals surface area contributed by atoms with Crippen molar-refractivity contribution in [2.75, 3.05) is 0 Å². The van der Waals surface area contributed by atoms with E-state index in [0.29, 0.717) is 5.28 Å². The van der Waals surface area contributed by atoms with E-state index >= 15 is 0 Å². The van der Waals surface area contributed by atoms with Gasteiger partial charge in [-0.2, -0.15) is 0 Å². The van der Waals surface area contributed by atoms with Crippen molar-refractivity contribution in [3.8, 4) is 0 Å². The molecular formula is C3H4Cl4N2. The molecule has 9 heavy (non-hydrogen) atoms. The summed E-state index contributed by atoms with van der Waals surface area (Å²) >= 11 is 10.7. The molecule has 54 valence electrons. The summed E-state index contributed by atoms with van der Waals surface area (Å²) in [5.74, 6) is 0. The minimum atomic E-state index is 0. The Balaban J connectivity index is 0. The quantitative estimate of drug-likeness (QED) is 0.642. The Bertz CT molecular complexity index is 146. The van der Waals surface area contributed by atoms with Gasteiger partial charge in [0.25, 0.3) is 0 Å². The Morgan fingerprint density at radius 3 is 2.11 bits per heavy atom. The van der Waals surface area contributed by atoms with Crippen molar-refractivity contribution in [3.63, 3.8) is 0 Å². The number of rotatable bonds is 0. The monoisotopic (exact) mass is 208 g/mol. The molecule has 0 bridgehead atoms. The maximum atomic E-state index is 5.35. The molecule has 6 heteroatoms. The molecule has 0 radical (unpaired) electrons. The zero-order chi connectivity index (χ0) is 5.28. The van der Waals surface area contributed by atoms with Gasteiger partial charge in [-0.1, -0.05) is 0 Å². The van der Waals surface area contributed by atoms with Crippen LogP contribution in [0.2, 0.25) is 5.28 Å². The van der Waals surface area contributed by atoms with Crippen LogP contribution in [0.25, 0.3) is 0 Å². The highest BCUT2D eigenvalue weighted by Crippen LogP contribution is 2.04. The molecule has 0 N–H and O–H groups in total. The van der Waals surface area contributed by atoms with Crippen molar-refractivity contribution in [2.45, 2.75) is 0 Å². The fourth-order valence-electron chi connectivity index (χ4n) is 0.270. The Morgan fingerprint density at radius 2 is 2.00 bits per heavy atom. The molecule has 0 amide bonds. The van der Waals surface area contributed by atoms with Crippen molar-refractivity contribution in [1.29, 1.82) is 0 Å². The van der Waals surface area contributed by atoms with E-state index in [1.165, 1.54) is 10.3 Å². The van der Waals surface area contributed by atoms with Gasteiger partial charge in [0.2, 0.25) is 5.28 Å². The van der Waals surface area contributed by atoms with Crippen LogP contribution in [0, 0.1) is 0 Å². The van der Waals surface area contributed by atoms with Crippen LogP contribution >= 0.6 is 48.2 Å². The molecule has 0 aliphatic heterocycles. The van der Waals surface area contributed by atoms with Crippen LogP contribution in [0.1, 0.15) is 0 Å². The third kappa shape index (κ3) is 3.16. The molecule has 1 heterocycles. The van der Waals surface area contributed by atoms with Gasteiger partial charge < -0.3 is 0 Å². The molecule has 0 unspecified atom stereocenters. The lowest BCUT2D eigenvalue weighted by Gasteiger charge is -1.80. The van der Waals surface area contributed by atoms with Gasteiger partial charge in [-0.15, -0.1) is 24.8 Å². The molecule has 0 aliphatic carbocycles. The predicted molar refractivity (Wildman–Crippen MR) is 43.0 cm³/mol. The van der Waals surface area contributed by atoms with E-state index in [1.807, 2.05) is 0 Å². The second-order valence-electron chi connectivity index (χ2n) is 1.01. The van der Waals surface area contributed by atoms with Crippen LogP contribution in [0.3, 0.4) is 0 Å². The minimum absolute atomic E-state index is 0. The molecule has 1 aromatic rings. The third-order valence-electron chi connectivity index (χ3n) is 0.555. The largest absolute Gasteiger partial charge is 0.232 e. The van der Waals surface area contributed by atoms with E-state index in [2.05, 4.69) is 4.98 Å². The van der Waals surface area contributed by atoms with E-state index in [-0.39, 0.29) is 24.8 Å². The molecule has 0 saturated carbocycles. The lowest BCUT2D eigenvalue weighted by molar-refractivity contribution is 1.21. The van der Waals surface area contributed by atoms with Gasteiger partial charge in [-0.05, 0) is 11.6 Å². The van der Waals surface area contributed by atoms with Crippen LogP contribution in [-0.2, 0) is 0 Å². The first kappa shape index (κ1) is 12.1. The molecular weight excluding hydrogens is 206 g/mol. The van der Waals surface area contributed by atoms with E-state index in [9.17, 15) is 0 Å². The Labute approximate surface area is 75.1 Å². The maximum Gasteiger partial charge on any atom is 0.217 e. The first-order valence-corrected chi connectivity index (χ1v) is 2.37. The minimum Gasteiger partial charge on any atom is -0.232 e. The highest BCUT2D eigenvalue weighted by atomic mass is 35.5. The first-order valence-electron chi connectivity index (χ1n) is 1.65. The fraction of sp³-hybridized carbons (Fsp3) is 0. The Hall–Kier alpha value is 0.370. The number of hydrogen-bond donors (Lipinski definition) is 0. The highest BCUT2D eigenvalue weighted by molar-refractivity contribution is 6.32. The predicted octanol–water partition coefficient (Wildman–Crippen LogP) is 2.38. The molecule has 0 fully saturated rings. The molecule has 1 rings (SSSR count). The third-order valence-corrected chi connectivity index (χ3v) is 1.19. The standard InChI is InChI=1S/C3H2Cl2N2.2ClH/c4-3-6-1-2-7(3)5;;/h1-2H;2*1H. The van der Waals surface area contributed by atoms with Crippen molar-refractivity contribution >= 4 is 48.2 Å². The Morgan fingerprint density at radius 1 is 1.44 bits per heavy atom. The van der Waals surface area contributed by atoms with Crippen LogP contribution in [0.15, 0.2) is 12.4 Å². The van der Waals surface area contributed by atoms with Gasteiger partial charge in [-0.3, -0.25) is 0 Å². The van der Waals surface area contributed by atoms with E-state index in [4.69, 9.17) is 23.4 Å². The molecule has 0 aliphatic rings. The van der Waals surface area contributed by atoms with Crippen molar-refractivity contribution in [2.24, 2.45) is 0 Å². The molecule has 0 atom stereocenters. The van der Waals surface area contributed by atoms with Gasteiger partial charge in [0.05, 0.1) is 0 Å². The topological polar surface area (TPSA) is 17.8 Å². The summed E-state index contributed by atoms with van der Waals surface area (Å²) < 4.78 is 1.21. The summed E-state index contributed by atoms with van der Waals surface area (Å²) in [5.41, 5.74) is 0. The van der Waals surface area contributed by atoms with E-state index in [0.717, 1.165) is 0 Å². The van der Waals surface area contributed by atoms with Gasteiger partial charge in [0.1, 0.15) is 0 Å². The first-order chi connectivity index (χ1) is 3.30. The van der Waals surface area contributed by atoms with Gasteiger partial charge in [-0.25, -0.2) is 9.07 Å². The normalized spacial score (nSPS) is 7.33. The highest BCUT2D eigenvalue weighted by Gasteiger charge is 1.89. The summed E-state index contributed by atoms with van der Waals surface area (Å²) in [5, 5.41) is 0.293. The lowest BCUT2D eigenvalue weighted by atomic mass is 11.0. The molecule has 0 aromatic carbocycles. The second-order valence-corrected chi connectivity index (χ2v) is 1.71. The van der Waals surface area contributed by atoms with E-state index in [1.54, 1.807) is 6.20 Å². The summed E-state index contributed by atoms with van der Waals surface area (Å²) in [6.45, 7) is 0. The molecule has 0 spiro atoms. The summed E-state index contributed by atoms with van der Waals surface area (Å²) in [6.07, 6.45) is 3.08. The van der Waals surface area contributed by atoms with E-state index < -0.39 is 0 Å². The van der Waals surface area contributed by atoms with Crippen molar-refractivity contribution in [3.05, 3.63) is 17.7 Å². The number of hydrogen-bond acceptors (Lipinski definition) is 1. The molecule has 2 nitrogen and oxygen atoms in total. The maximum absolute atomic E-state index is 5.35. The van der Waals surface area contributed by atoms with Gasteiger partial charge in [0, 0.05) is 24.2 Å². The Kier molecular flexibility index (Phi) is 6.95. The molecule has 0 saturated heterocycles. The molecule has 1 aromatic heterocycles. The number of aromatic nitrogens is 2. The fourth-order valence-corrected chi connectivity index (χ4v) is 0.477. The number of halogens is 4. The average Bonchev–Trinajstić information content (AvgIpc) is 1.91. The van der Waals surface area contributed by atoms with Crippen LogP contribution in [0.4, 0.5) is 0 Å². The van der Waals surface area contributed by atoms with Gasteiger partial charge >= 0.3 is 0 Å². The second kappa shape index (κ2) is 5.18.